The van der Waals surface area contributed by atoms with Gasteiger partial charge in [0.1, 0.15) is 6.04 Å². The standard InChI is InChI=1S/C30H42N6O4/c1-18(31-5)27(38)34-26(30(2,3)4)28(39)35-15-14-23-25(35)20(17-36(23)29(40)32-6)16-24(37)33-22-13-9-11-19-10-7-8-12-21(19)22/h7-13,18,20,23,25-26,31H,14-17H2,1-6H3,(H,32,40)(H,33,37)(H,34,38). The van der Waals surface area contributed by atoms with E-state index < -0.39 is 17.5 Å². The Hall–Kier alpha value is -3.66. The number of carbonyl (C=O) groups excluding carboxylic acids is 4. The van der Waals surface area contributed by atoms with Gasteiger partial charge < -0.3 is 31.1 Å². The van der Waals surface area contributed by atoms with E-state index in [4.69, 9.17) is 0 Å². The Labute approximate surface area is 236 Å². The molecule has 2 aromatic carbocycles. The number of urea groups is 1. The fraction of sp³-hybridized carbons (Fsp3) is 0.533. The molecule has 10 heteroatoms. The lowest BCUT2D eigenvalue weighted by Gasteiger charge is -2.37. The summed E-state index contributed by atoms with van der Waals surface area (Å²) >= 11 is 0. The van der Waals surface area contributed by atoms with Crippen molar-refractivity contribution in [3.63, 3.8) is 0 Å². The van der Waals surface area contributed by atoms with E-state index in [1.807, 2.05) is 63.2 Å². The number of fused-ring (bicyclic) bond motifs is 2. The van der Waals surface area contributed by atoms with Crippen molar-refractivity contribution in [2.75, 3.05) is 32.5 Å². The molecule has 4 N–H and O–H groups in total. The van der Waals surface area contributed by atoms with Gasteiger partial charge in [0, 0.05) is 43.5 Å². The van der Waals surface area contributed by atoms with Gasteiger partial charge in [0.05, 0.1) is 18.1 Å². The Balaban J connectivity index is 1.58. The molecular weight excluding hydrogens is 508 g/mol. The predicted octanol–water partition coefficient (Wildman–Crippen LogP) is 2.55. The van der Waals surface area contributed by atoms with Gasteiger partial charge in [-0.05, 0) is 37.3 Å². The summed E-state index contributed by atoms with van der Waals surface area (Å²) in [6.45, 7) is 8.34. The Morgan fingerprint density at radius 3 is 2.38 bits per heavy atom. The molecule has 2 fully saturated rings. The van der Waals surface area contributed by atoms with Crippen LogP contribution in [0.15, 0.2) is 42.5 Å². The molecule has 0 aliphatic carbocycles. The predicted molar refractivity (Wildman–Crippen MR) is 156 cm³/mol. The molecule has 0 spiro atoms. The highest BCUT2D eigenvalue weighted by atomic mass is 16.2. The molecule has 5 unspecified atom stereocenters. The van der Waals surface area contributed by atoms with Crippen molar-refractivity contribution < 1.29 is 19.2 Å². The number of hydrogen-bond acceptors (Lipinski definition) is 5. The summed E-state index contributed by atoms with van der Waals surface area (Å²) in [4.78, 5) is 56.6. The molecule has 5 atom stereocenters. The first kappa shape index (κ1) is 29.3. The fourth-order valence-corrected chi connectivity index (χ4v) is 6.01. The number of benzene rings is 2. The van der Waals surface area contributed by atoms with Gasteiger partial charge in [-0.2, -0.15) is 0 Å². The first-order valence-corrected chi connectivity index (χ1v) is 14.0. The van der Waals surface area contributed by atoms with E-state index in [2.05, 4.69) is 21.3 Å². The number of hydrogen-bond donors (Lipinski definition) is 4. The van der Waals surface area contributed by atoms with Crippen molar-refractivity contribution in [3.05, 3.63) is 42.5 Å². The molecule has 40 heavy (non-hydrogen) atoms. The summed E-state index contributed by atoms with van der Waals surface area (Å²) in [6, 6.07) is 11.7. The Morgan fingerprint density at radius 2 is 1.70 bits per heavy atom. The van der Waals surface area contributed by atoms with Gasteiger partial charge in [-0.1, -0.05) is 57.2 Å². The Morgan fingerprint density at radius 1 is 1.00 bits per heavy atom. The lowest BCUT2D eigenvalue weighted by atomic mass is 9.85. The van der Waals surface area contributed by atoms with Crippen LogP contribution in [0, 0.1) is 11.3 Å². The van der Waals surface area contributed by atoms with Crippen molar-refractivity contribution >= 4 is 40.2 Å². The van der Waals surface area contributed by atoms with Crippen molar-refractivity contribution in [3.8, 4) is 0 Å². The largest absolute Gasteiger partial charge is 0.342 e. The van der Waals surface area contributed by atoms with E-state index >= 15 is 0 Å². The highest BCUT2D eigenvalue weighted by molar-refractivity contribution is 6.02. The third kappa shape index (κ3) is 5.91. The molecule has 0 radical (unpaired) electrons. The maximum absolute atomic E-state index is 14.1. The topological polar surface area (TPSA) is 123 Å². The molecular formula is C30H42N6O4. The van der Waals surface area contributed by atoms with Gasteiger partial charge in [-0.15, -0.1) is 0 Å². The average Bonchev–Trinajstić information content (AvgIpc) is 3.51. The minimum absolute atomic E-state index is 0.158. The smallest absolute Gasteiger partial charge is 0.317 e. The van der Waals surface area contributed by atoms with Gasteiger partial charge in [0.15, 0.2) is 0 Å². The molecule has 0 aromatic heterocycles. The molecule has 4 rings (SSSR count). The van der Waals surface area contributed by atoms with E-state index in [0.717, 1.165) is 16.5 Å². The van der Waals surface area contributed by atoms with Crippen LogP contribution in [0.5, 0.6) is 0 Å². The number of anilines is 1. The van der Waals surface area contributed by atoms with Crippen LogP contribution in [0.1, 0.15) is 40.5 Å². The van der Waals surface area contributed by atoms with Gasteiger partial charge in [-0.25, -0.2) is 4.79 Å². The third-order valence-electron chi connectivity index (χ3n) is 8.23. The van der Waals surface area contributed by atoms with Crippen molar-refractivity contribution in [2.45, 2.75) is 64.7 Å². The number of rotatable bonds is 7. The number of nitrogens with one attached hydrogen (secondary N) is 4. The van der Waals surface area contributed by atoms with Crippen LogP contribution >= 0.6 is 0 Å². The zero-order valence-corrected chi connectivity index (χ0v) is 24.3. The molecule has 2 aliphatic rings. The van der Waals surface area contributed by atoms with Crippen LogP contribution in [-0.4, -0.2) is 84.9 Å². The van der Waals surface area contributed by atoms with Crippen LogP contribution in [-0.2, 0) is 14.4 Å². The number of likely N-dealkylation sites (tertiary alicyclic amines) is 2. The lowest BCUT2D eigenvalue weighted by Crippen LogP contribution is -2.59. The molecule has 2 aliphatic heterocycles. The SMILES string of the molecule is CNC(=O)N1CC(CC(=O)Nc2cccc3ccccc23)C2C1CCN2C(=O)C(NC(=O)C(C)NC)C(C)(C)C. The minimum atomic E-state index is -0.756. The van der Waals surface area contributed by atoms with Gasteiger partial charge in [0.25, 0.3) is 0 Å². The molecule has 0 bridgehead atoms. The number of carbonyl (C=O) groups is 4. The number of likely N-dealkylation sites (N-methyl/N-ethyl adjacent to an activating group) is 1. The molecule has 0 saturated carbocycles. The molecule has 2 heterocycles. The van der Waals surface area contributed by atoms with Gasteiger partial charge >= 0.3 is 6.03 Å². The number of amides is 5. The van der Waals surface area contributed by atoms with Crippen molar-refractivity contribution in [1.82, 2.24) is 25.8 Å². The zero-order chi connectivity index (χ0) is 29.2. The summed E-state index contributed by atoms with van der Waals surface area (Å²) < 4.78 is 0. The quantitative estimate of drug-likeness (QED) is 0.422. The maximum Gasteiger partial charge on any atom is 0.317 e. The van der Waals surface area contributed by atoms with Crippen LogP contribution in [0.25, 0.3) is 10.8 Å². The summed E-state index contributed by atoms with van der Waals surface area (Å²) in [6.07, 6.45) is 0.772. The van der Waals surface area contributed by atoms with Crippen molar-refractivity contribution in [2.24, 2.45) is 11.3 Å². The molecule has 2 saturated heterocycles. The normalized spacial score (nSPS) is 22.0. The summed E-state index contributed by atoms with van der Waals surface area (Å²) in [7, 11) is 3.28. The highest BCUT2D eigenvalue weighted by Gasteiger charge is 2.53. The number of nitrogens with zero attached hydrogens (tertiary/aromatic N) is 2. The first-order chi connectivity index (χ1) is 19.0. The monoisotopic (exact) mass is 550 g/mol. The van der Waals surface area contributed by atoms with Crippen LogP contribution < -0.4 is 21.3 Å². The van der Waals surface area contributed by atoms with Crippen LogP contribution in [0.2, 0.25) is 0 Å². The van der Waals surface area contributed by atoms with Crippen molar-refractivity contribution in [1.29, 1.82) is 0 Å². The lowest BCUT2D eigenvalue weighted by molar-refractivity contribution is -0.141. The maximum atomic E-state index is 14.1. The first-order valence-electron chi connectivity index (χ1n) is 14.0. The molecule has 10 nitrogen and oxygen atoms in total. The molecule has 5 amide bonds. The highest BCUT2D eigenvalue weighted by Crippen LogP contribution is 2.39. The van der Waals surface area contributed by atoms with E-state index in [0.29, 0.717) is 19.5 Å². The molecule has 2 aromatic rings. The average molecular weight is 551 g/mol. The second-order valence-electron chi connectivity index (χ2n) is 11.9. The summed E-state index contributed by atoms with van der Waals surface area (Å²) in [5.41, 5.74) is 0.188. The van der Waals surface area contributed by atoms with Crippen LogP contribution in [0.3, 0.4) is 0 Å². The summed E-state index contributed by atoms with van der Waals surface area (Å²) in [5.74, 6) is -0.858. The van der Waals surface area contributed by atoms with Crippen LogP contribution in [0.4, 0.5) is 10.5 Å². The summed E-state index contributed by atoms with van der Waals surface area (Å²) in [5, 5.41) is 13.6. The van der Waals surface area contributed by atoms with Gasteiger partial charge in [-0.3, -0.25) is 14.4 Å². The van der Waals surface area contributed by atoms with Gasteiger partial charge in [0.2, 0.25) is 17.7 Å². The second-order valence-corrected chi connectivity index (χ2v) is 11.9. The Kier molecular flexibility index (Phi) is 8.68. The van der Waals surface area contributed by atoms with E-state index in [-0.39, 0.29) is 48.2 Å². The molecule has 216 valence electrons. The fourth-order valence-electron chi connectivity index (χ4n) is 6.01. The van der Waals surface area contributed by atoms with E-state index in [1.54, 1.807) is 30.8 Å². The second kappa shape index (κ2) is 11.8. The third-order valence-corrected chi connectivity index (χ3v) is 8.23. The Bertz CT molecular complexity index is 1270. The zero-order valence-electron chi connectivity index (χ0n) is 24.3. The van der Waals surface area contributed by atoms with E-state index in [1.165, 1.54) is 0 Å². The van der Waals surface area contributed by atoms with E-state index in [9.17, 15) is 19.2 Å². The minimum Gasteiger partial charge on any atom is -0.342 e.